The standard InChI is InChI=1S/C13H14N4/c1-14-11-9-15-17-8-4-7-12(17)13(11)16-10-5-2-3-6-10/h4,7-10,16H,2-3,5-6H2. The fourth-order valence-electron chi connectivity index (χ4n) is 2.49. The summed E-state index contributed by atoms with van der Waals surface area (Å²) < 4.78 is 1.81. The topological polar surface area (TPSA) is 33.7 Å². The second-order valence-electron chi connectivity index (χ2n) is 4.48. The molecule has 86 valence electrons. The lowest BCUT2D eigenvalue weighted by atomic mass is 10.2. The lowest BCUT2D eigenvalue weighted by Crippen LogP contribution is -2.15. The van der Waals surface area contributed by atoms with E-state index >= 15 is 0 Å². The van der Waals surface area contributed by atoms with Crippen LogP contribution >= 0.6 is 0 Å². The van der Waals surface area contributed by atoms with Gasteiger partial charge >= 0.3 is 0 Å². The highest BCUT2D eigenvalue weighted by molar-refractivity contribution is 5.84. The number of hydrogen-bond acceptors (Lipinski definition) is 2. The lowest BCUT2D eigenvalue weighted by molar-refractivity contribution is 0.755. The first-order valence-electron chi connectivity index (χ1n) is 5.99. The highest BCUT2D eigenvalue weighted by Gasteiger charge is 2.17. The first-order chi connectivity index (χ1) is 8.38. The summed E-state index contributed by atoms with van der Waals surface area (Å²) in [6.45, 7) is 7.22. The van der Waals surface area contributed by atoms with E-state index in [1.165, 1.54) is 25.7 Å². The van der Waals surface area contributed by atoms with E-state index in [1.54, 1.807) is 6.20 Å². The van der Waals surface area contributed by atoms with Crippen molar-refractivity contribution >= 4 is 16.9 Å². The molecule has 4 heteroatoms. The summed E-state index contributed by atoms with van der Waals surface area (Å²) in [6.07, 6.45) is 8.51. The van der Waals surface area contributed by atoms with Crippen molar-refractivity contribution in [3.05, 3.63) is 35.9 Å². The second kappa shape index (κ2) is 4.10. The van der Waals surface area contributed by atoms with Crippen LogP contribution < -0.4 is 5.32 Å². The van der Waals surface area contributed by atoms with E-state index in [1.807, 2.05) is 22.8 Å². The number of hydrogen-bond donors (Lipinski definition) is 1. The van der Waals surface area contributed by atoms with Crippen LogP contribution in [0.4, 0.5) is 11.4 Å². The Labute approximate surface area is 100 Å². The molecule has 0 spiro atoms. The molecular formula is C13H14N4. The molecule has 0 unspecified atom stereocenters. The van der Waals surface area contributed by atoms with Crippen LogP contribution in [0, 0.1) is 6.57 Å². The van der Waals surface area contributed by atoms with Gasteiger partial charge in [-0.1, -0.05) is 12.8 Å². The maximum Gasteiger partial charge on any atom is 0.231 e. The summed E-state index contributed by atoms with van der Waals surface area (Å²) in [5.41, 5.74) is 2.54. The summed E-state index contributed by atoms with van der Waals surface area (Å²) in [6, 6.07) is 4.46. The molecule has 1 saturated carbocycles. The van der Waals surface area contributed by atoms with Crippen molar-refractivity contribution in [1.29, 1.82) is 0 Å². The van der Waals surface area contributed by atoms with Gasteiger partial charge in [0.25, 0.3) is 0 Å². The molecule has 0 saturated heterocycles. The first-order valence-corrected chi connectivity index (χ1v) is 5.99. The molecule has 1 aliphatic carbocycles. The van der Waals surface area contributed by atoms with E-state index in [-0.39, 0.29) is 0 Å². The minimum atomic E-state index is 0.511. The Bertz CT molecular complexity index is 573. The Morgan fingerprint density at radius 1 is 1.41 bits per heavy atom. The van der Waals surface area contributed by atoms with Gasteiger partial charge in [-0.2, -0.15) is 5.10 Å². The van der Waals surface area contributed by atoms with Crippen LogP contribution in [0.2, 0.25) is 0 Å². The zero-order valence-electron chi connectivity index (χ0n) is 9.56. The molecule has 0 radical (unpaired) electrons. The van der Waals surface area contributed by atoms with Gasteiger partial charge in [-0.3, -0.25) is 0 Å². The van der Waals surface area contributed by atoms with Gasteiger partial charge in [0.05, 0.1) is 24.0 Å². The average Bonchev–Trinajstić information content (AvgIpc) is 2.99. The first kappa shape index (κ1) is 10.2. The number of rotatable bonds is 2. The minimum Gasteiger partial charge on any atom is -0.389 e. The number of aromatic nitrogens is 2. The minimum absolute atomic E-state index is 0.511. The largest absolute Gasteiger partial charge is 0.389 e. The highest BCUT2D eigenvalue weighted by Crippen LogP contribution is 2.32. The molecule has 0 aliphatic heterocycles. The van der Waals surface area contributed by atoms with Crippen LogP contribution in [0.25, 0.3) is 10.4 Å². The van der Waals surface area contributed by atoms with Gasteiger partial charge in [0.15, 0.2) is 0 Å². The van der Waals surface area contributed by atoms with Crippen LogP contribution in [0.15, 0.2) is 24.5 Å². The Morgan fingerprint density at radius 2 is 2.24 bits per heavy atom. The van der Waals surface area contributed by atoms with E-state index in [9.17, 15) is 0 Å². The maximum absolute atomic E-state index is 7.22. The molecule has 0 bridgehead atoms. The molecule has 1 aliphatic rings. The molecule has 1 N–H and O–H groups in total. The van der Waals surface area contributed by atoms with Crippen molar-refractivity contribution in [3.63, 3.8) is 0 Å². The number of nitrogens with one attached hydrogen (secondary N) is 1. The van der Waals surface area contributed by atoms with Crippen molar-refractivity contribution in [2.24, 2.45) is 0 Å². The molecule has 2 aromatic heterocycles. The lowest BCUT2D eigenvalue weighted by Gasteiger charge is -2.15. The fourth-order valence-corrected chi connectivity index (χ4v) is 2.49. The number of anilines is 1. The van der Waals surface area contributed by atoms with Gasteiger partial charge in [-0.05, 0) is 25.0 Å². The van der Waals surface area contributed by atoms with Gasteiger partial charge in [-0.25, -0.2) is 9.36 Å². The zero-order chi connectivity index (χ0) is 11.7. The van der Waals surface area contributed by atoms with E-state index in [4.69, 9.17) is 6.57 Å². The molecule has 4 nitrogen and oxygen atoms in total. The summed E-state index contributed by atoms with van der Waals surface area (Å²) >= 11 is 0. The van der Waals surface area contributed by atoms with Crippen LogP contribution in [0.5, 0.6) is 0 Å². The summed E-state index contributed by atoms with van der Waals surface area (Å²) in [5, 5.41) is 7.73. The van der Waals surface area contributed by atoms with Gasteiger partial charge in [0.1, 0.15) is 0 Å². The van der Waals surface area contributed by atoms with Crippen LogP contribution in [0.1, 0.15) is 25.7 Å². The van der Waals surface area contributed by atoms with Gasteiger partial charge in [-0.15, -0.1) is 0 Å². The second-order valence-corrected chi connectivity index (χ2v) is 4.48. The Hall–Kier alpha value is -2.02. The van der Waals surface area contributed by atoms with E-state index in [2.05, 4.69) is 15.3 Å². The normalized spacial score (nSPS) is 16.2. The smallest absolute Gasteiger partial charge is 0.231 e. The molecule has 2 heterocycles. The van der Waals surface area contributed by atoms with Crippen molar-refractivity contribution in [3.8, 4) is 0 Å². The highest BCUT2D eigenvalue weighted by atomic mass is 15.2. The van der Waals surface area contributed by atoms with E-state index in [0.717, 1.165) is 11.2 Å². The number of fused-ring (bicyclic) bond motifs is 1. The third-order valence-corrected chi connectivity index (χ3v) is 3.37. The molecular weight excluding hydrogens is 212 g/mol. The Kier molecular flexibility index (Phi) is 2.45. The molecule has 3 rings (SSSR count). The van der Waals surface area contributed by atoms with Crippen LogP contribution in [0.3, 0.4) is 0 Å². The monoisotopic (exact) mass is 226 g/mol. The Balaban J connectivity index is 2.05. The van der Waals surface area contributed by atoms with Crippen molar-refractivity contribution in [2.45, 2.75) is 31.7 Å². The molecule has 1 fully saturated rings. The third kappa shape index (κ3) is 1.74. The van der Waals surface area contributed by atoms with Gasteiger partial charge < -0.3 is 5.32 Å². The van der Waals surface area contributed by atoms with Gasteiger partial charge in [0, 0.05) is 12.2 Å². The third-order valence-electron chi connectivity index (χ3n) is 3.37. The molecule has 0 aromatic carbocycles. The number of nitrogens with zero attached hydrogens (tertiary/aromatic N) is 3. The van der Waals surface area contributed by atoms with E-state index < -0.39 is 0 Å². The van der Waals surface area contributed by atoms with E-state index in [0.29, 0.717) is 11.7 Å². The zero-order valence-corrected chi connectivity index (χ0v) is 9.56. The van der Waals surface area contributed by atoms with Gasteiger partial charge in [0.2, 0.25) is 5.69 Å². The SMILES string of the molecule is [C-]#[N+]c1cnn2cccc2c1NC1CCCC1. The van der Waals surface area contributed by atoms with Crippen LogP contribution in [-0.2, 0) is 0 Å². The molecule has 2 aromatic rings. The van der Waals surface area contributed by atoms with Crippen molar-refractivity contribution in [1.82, 2.24) is 9.61 Å². The summed E-state index contributed by atoms with van der Waals surface area (Å²) in [5.74, 6) is 0. The fraction of sp³-hybridized carbons (Fsp3) is 0.385. The van der Waals surface area contributed by atoms with Crippen LogP contribution in [-0.4, -0.2) is 15.7 Å². The molecule has 0 atom stereocenters. The predicted octanol–water partition coefficient (Wildman–Crippen LogP) is 3.24. The van der Waals surface area contributed by atoms with Crippen molar-refractivity contribution < 1.29 is 0 Å². The van der Waals surface area contributed by atoms with Crippen molar-refractivity contribution in [2.75, 3.05) is 5.32 Å². The molecule has 0 amide bonds. The summed E-state index contributed by atoms with van der Waals surface area (Å²) in [7, 11) is 0. The Morgan fingerprint density at radius 3 is 3.00 bits per heavy atom. The predicted molar refractivity (Wildman–Crippen MR) is 67.3 cm³/mol. The molecule has 17 heavy (non-hydrogen) atoms. The maximum atomic E-state index is 7.22. The quantitative estimate of drug-likeness (QED) is 0.797. The average molecular weight is 226 g/mol. The summed E-state index contributed by atoms with van der Waals surface area (Å²) in [4.78, 5) is 3.55.